The summed E-state index contributed by atoms with van der Waals surface area (Å²) in [6.07, 6.45) is 0.817. The van der Waals surface area contributed by atoms with E-state index in [-0.39, 0.29) is 5.97 Å². The first-order valence-electron chi connectivity index (χ1n) is 4.02. The van der Waals surface area contributed by atoms with Gasteiger partial charge < -0.3 is 14.4 Å². The molecule has 0 saturated heterocycles. The summed E-state index contributed by atoms with van der Waals surface area (Å²) in [5.41, 5.74) is 0. The predicted octanol–water partition coefficient (Wildman–Crippen LogP) is 1.17. The summed E-state index contributed by atoms with van der Waals surface area (Å²) < 4.78 is 4.57. The Morgan fingerprint density at radius 2 is 2.36 bits per heavy atom. The summed E-state index contributed by atoms with van der Waals surface area (Å²) in [5.74, 6) is -0.347. The molecule has 76 valence electrons. The van der Waals surface area contributed by atoms with Crippen LogP contribution in [0.5, 0.6) is 0 Å². The zero-order valence-electron chi connectivity index (χ0n) is 8.02. The Kier molecular flexibility index (Phi) is 3.64. The molecular weight excluding hydrogens is 202 g/mol. The maximum absolute atomic E-state index is 11.1. The van der Waals surface area contributed by atoms with E-state index in [1.165, 1.54) is 18.4 Å². The lowest BCUT2D eigenvalue weighted by Gasteiger charge is -2.11. The molecule has 0 aliphatic heterocycles. The van der Waals surface area contributed by atoms with E-state index < -0.39 is 0 Å². The van der Waals surface area contributed by atoms with Gasteiger partial charge in [-0.2, -0.15) is 0 Å². The number of ether oxygens (including phenoxy) is 1. The van der Waals surface area contributed by atoms with E-state index in [1.54, 1.807) is 24.1 Å². The summed E-state index contributed by atoms with van der Waals surface area (Å²) in [5, 5.41) is 0.873. The van der Waals surface area contributed by atoms with Crippen LogP contribution in [-0.2, 0) is 9.53 Å². The first kappa shape index (κ1) is 10.7. The van der Waals surface area contributed by atoms with Gasteiger partial charge in [0.05, 0.1) is 18.7 Å². The van der Waals surface area contributed by atoms with E-state index in [0.717, 1.165) is 11.3 Å². The summed E-state index contributed by atoms with van der Waals surface area (Å²) >= 11 is 1.31. The zero-order chi connectivity index (χ0) is 10.6. The lowest BCUT2D eigenvalue weighted by atomic mass is 10.4. The fourth-order valence-electron chi connectivity index (χ4n) is 0.945. The number of aldehydes is 1. The molecule has 0 fully saturated rings. The topological polar surface area (TPSA) is 46.6 Å². The third kappa shape index (κ3) is 2.32. The van der Waals surface area contributed by atoms with Crippen LogP contribution in [-0.4, -0.2) is 33.0 Å². The third-order valence-corrected chi connectivity index (χ3v) is 2.88. The number of rotatable bonds is 4. The Morgan fingerprint density at radius 3 is 2.93 bits per heavy atom. The number of carbonyl (C=O) groups excluding carboxylic acids is 2. The minimum atomic E-state index is -0.347. The number of likely N-dealkylation sites (N-methyl/N-ethyl adjacent to an activating group) is 1. The number of methoxy groups -OCH3 is 1. The maximum atomic E-state index is 11.1. The van der Waals surface area contributed by atoms with Crippen LogP contribution in [0.3, 0.4) is 0 Å². The molecule has 0 amide bonds. The second-order valence-electron chi connectivity index (χ2n) is 2.68. The average molecular weight is 213 g/mol. The van der Waals surface area contributed by atoms with Crippen molar-refractivity contribution in [3.8, 4) is 0 Å². The van der Waals surface area contributed by atoms with Gasteiger partial charge in [0.2, 0.25) is 0 Å². The minimum absolute atomic E-state index is 0.321. The largest absolute Gasteiger partial charge is 0.465 e. The molecule has 14 heavy (non-hydrogen) atoms. The minimum Gasteiger partial charge on any atom is -0.465 e. The molecule has 0 atom stereocenters. The van der Waals surface area contributed by atoms with Gasteiger partial charge in [-0.25, -0.2) is 4.79 Å². The summed E-state index contributed by atoms with van der Waals surface area (Å²) in [6, 6.07) is 3.48. The van der Waals surface area contributed by atoms with Crippen LogP contribution in [0.25, 0.3) is 0 Å². The van der Waals surface area contributed by atoms with Gasteiger partial charge in [0.1, 0.15) is 11.2 Å². The molecule has 1 rings (SSSR count). The van der Waals surface area contributed by atoms with Gasteiger partial charge in [-0.3, -0.25) is 0 Å². The van der Waals surface area contributed by atoms with Crippen molar-refractivity contribution < 1.29 is 14.3 Å². The SMILES string of the molecule is COC(=O)c1ccc(N(C)CC=O)s1. The number of hydrogen-bond donors (Lipinski definition) is 0. The van der Waals surface area contributed by atoms with Crippen LogP contribution in [0.4, 0.5) is 5.00 Å². The molecule has 5 heteroatoms. The van der Waals surface area contributed by atoms with E-state index >= 15 is 0 Å². The molecule has 0 aliphatic carbocycles. The van der Waals surface area contributed by atoms with Crippen LogP contribution in [0, 0.1) is 0 Å². The van der Waals surface area contributed by atoms with Gasteiger partial charge in [-0.15, -0.1) is 11.3 Å². The Balaban J connectivity index is 2.76. The molecule has 0 spiro atoms. The lowest BCUT2D eigenvalue weighted by Crippen LogP contribution is -2.17. The van der Waals surface area contributed by atoms with Crippen molar-refractivity contribution in [3.05, 3.63) is 17.0 Å². The van der Waals surface area contributed by atoms with Crippen molar-refractivity contribution in [1.82, 2.24) is 0 Å². The van der Waals surface area contributed by atoms with Gasteiger partial charge in [-0.05, 0) is 12.1 Å². The highest BCUT2D eigenvalue weighted by atomic mass is 32.1. The molecule has 0 aliphatic rings. The smallest absolute Gasteiger partial charge is 0.348 e. The molecule has 1 aromatic rings. The van der Waals surface area contributed by atoms with Gasteiger partial charge >= 0.3 is 5.97 Å². The van der Waals surface area contributed by atoms with Gasteiger partial charge in [0.25, 0.3) is 0 Å². The summed E-state index contributed by atoms with van der Waals surface area (Å²) in [7, 11) is 3.14. The number of thiophene rings is 1. The Morgan fingerprint density at radius 1 is 1.64 bits per heavy atom. The van der Waals surface area contributed by atoms with Gasteiger partial charge in [-0.1, -0.05) is 0 Å². The first-order chi connectivity index (χ1) is 6.69. The molecule has 0 unspecified atom stereocenters. The standard InChI is InChI=1S/C9H11NO3S/c1-10(5-6-11)8-4-3-7(14-8)9(12)13-2/h3-4,6H,5H2,1-2H3. The van der Waals surface area contributed by atoms with Crippen molar-refractivity contribution in [2.75, 3.05) is 25.6 Å². The molecular formula is C9H11NO3S. The number of anilines is 1. The molecule has 4 nitrogen and oxygen atoms in total. The second kappa shape index (κ2) is 4.76. The van der Waals surface area contributed by atoms with Gasteiger partial charge in [0.15, 0.2) is 0 Å². The Bertz CT molecular complexity index is 335. The predicted molar refractivity (Wildman–Crippen MR) is 55.0 cm³/mol. The van der Waals surface area contributed by atoms with Crippen LogP contribution in [0.15, 0.2) is 12.1 Å². The van der Waals surface area contributed by atoms with Crippen molar-refractivity contribution in [2.45, 2.75) is 0 Å². The highest BCUT2D eigenvalue weighted by Gasteiger charge is 2.10. The fraction of sp³-hybridized carbons (Fsp3) is 0.333. The quantitative estimate of drug-likeness (QED) is 0.556. The van der Waals surface area contributed by atoms with E-state index in [2.05, 4.69) is 4.74 Å². The van der Waals surface area contributed by atoms with Crippen molar-refractivity contribution in [1.29, 1.82) is 0 Å². The summed E-state index contributed by atoms with van der Waals surface area (Å²) in [6.45, 7) is 0.321. The number of hydrogen-bond acceptors (Lipinski definition) is 5. The van der Waals surface area contributed by atoms with Crippen molar-refractivity contribution in [3.63, 3.8) is 0 Å². The normalized spacial score (nSPS) is 9.57. The van der Waals surface area contributed by atoms with Crippen LogP contribution in [0.1, 0.15) is 9.67 Å². The van der Waals surface area contributed by atoms with E-state index in [1.807, 2.05) is 0 Å². The molecule has 1 aromatic heterocycles. The molecule has 0 bridgehead atoms. The van der Waals surface area contributed by atoms with E-state index in [9.17, 15) is 9.59 Å². The van der Waals surface area contributed by atoms with Crippen LogP contribution >= 0.6 is 11.3 Å². The number of nitrogens with zero attached hydrogens (tertiary/aromatic N) is 1. The van der Waals surface area contributed by atoms with Crippen LogP contribution in [0.2, 0.25) is 0 Å². The van der Waals surface area contributed by atoms with Crippen LogP contribution < -0.4 is 4.90 Å². The Labute approximate surface area is 86.1 Å². The lowest BCUT2D eigenvalue weighted by molar-refractivity contribution is -0.106. The number of esters is 1. The monoisotopic (exact) mass is 213 g/mol. The average Bonchev–Trinajstić information content (AvgIpc) is 2.66. The molecule has 0 radical (unpaired) electrons. The van der Waals surface area contributed by atoms with E-state index in [0.29, 0.717) is 11.4 Å². The first-order valence-corrected chi connectivity index (χ1v) is 4.83. The molecule has 0 aromatic carbocycles. The highest BCUT2D eigenvalue weighted by molar-refractivity contribution is 7.17. The molecule has 1 heterocycles. The van der Waals surface area contributed by atoms with E-state index in [4.69, 9.17) is 0 Å². The van der Waals surface area contributed by atoms with Crippen molar-refractivity contribution in [2.24, 2.45) is 0 Å². The zero-order valence-corrected chi connectivity index (χ0v) is 8.84. The maximum Gasteiger partial charge on any atom is 0.348 e. The molecule has 0 N–H and O–H groups in total. The van der Waals surface area contributed by atoms with Crippen molar-refractivity contribution >= 4 is 28.6 Å². The molecule has 0 saturated carbocycles. The fourth-order valence-corrected chi connectivity index (χ4v) is 1.84. The summed E-state index contributed by atoms with van der Waals surface area (Å²) in [4.78, 5) is 23.7. The third-order valence-electron chi connectivity index (χ3n) is 1.70. The Hall–Kier alpha value is -1.36. The van der Waals surface area contributed by atoms with Gasteiger partial charge in [0, 0.05) is 7.05 Å². The number of carbonyl (C=O) groups is 2. The highest BCUT2D eigenvalue weighted by Crippen LogP contribution is 2.25. The second-order valence-corrected chi connectivity index (χ2v) is 3.74.